The van der Waals surface area contributed by atoms with Gasteiger partial charge in [0.1, 0.15) is 0 Å². The highest BCUT2D eigenvalue weighted by Gasteiger charge is 2.16. The van der Waals surface area contributed by atoms with E-state index in [0.29, 0.717) is 19.0 Å². The molecule has 3 heteroatoms. The van der Waals surface area contributed by atoms with Crippen molar-refractivity contribution in [2.24, 2.45) is 0 Å². The summed E-state index contributed by atoms with van der Waals surface area (Å²) in [5, 5.41) is 6.33. The Balaban J connectivity index is 1.63. The van der Waals surface area contributed by atoms with Crippen LogP contribution in [0.4, 0.5) is 5.69 Å². The Morgan fingerprint density at radius 1 is 1.18 bits per heavy atom. The van der Waals surface area contributed by atoms with E-state index in [1.54, 1.807) is 0 Å². The minimum Gasteiger partial charge on any atom is -0.385 e. The van der Waals surface area contributed by atoms with Gasteiger partial charge in [0, 0.05) is 24.7 Å². The van der Waals surface area contributed by atoms with Crippen LogP contribution in [0, 0.1) is 0 Å². The van der Waals surface area contributed by atoms with E-state index in [0.717, 1.165) is 18.5 Å². The molecular weight excluding hydrogens is 212 g/mol. The van der Waals surface area contributed by atoms with Crippen LogP contribution in [-0.2, 0) is 4.79 Å². The molecule has 3 nitrogen and oxygen atoms in total. The molecule has 1 aromatic carbocycles. The molecule has 2 N–H and O–H groups in total. The molecule has 1 fully saturated rings. The Hall–Kier alpha value is -1.51. The smallest absolute Gasteiger partial charge is 0.221 e. The highest BCUT2D eigenvalue weighted by Crippen LogP contribution is 2.17. The first kappa shape index (κ1) is 12.0. The SMILES string of the molecule is O=C(CCNc1ccccc1)NC1CCCC1. The van der Waals surface area contributed by atoms with E-state index in [2.05, 4.69) is 10.6 Å². The van der Waals surface area contributed by atoms with Crippen molar-refractivity contribution in [3.05, 3.63) is 30.3 Å². The van der Waals surface area contributed by atoms with Crippen molar-refractivity contribution in [2.75, 3.05) is 11.9 Å². The average Bonchev–Trinajstić information content (AvgIpc) is 2.83. The largest absolute Gasteiger partial charge is 0.385 e. The van der Waals surface area contributed by atoms with Gasteiger partial charge in [0.15, 0.2) is 0 Å². The number of rotatable bonds is 5. The van der Waals surface area contributed by atoms with Crippen molar-refractivity contribution >= 4 is 11.6 Å². The molecule has 0 unspecified atom stereocenters. The Morgan fingerprint density at radius 2 is 1.88 bits per heavy atom. The van der Waals surface area contributed by atoms with Crippen LogP contribution in [0.2, 0.25) is 0 Å². The molecule has 0 aromatic heterocycles. The number of nitrogens with one attached hydrogen (secondary N) is 2. The molecule has 0 heterocycles. The van der Waals surface area contributed by atoms with Gasteiger partial charge < -0.3 is 10.6 Å². The molecule has 92 valence electrons. The normalized spacial score (nSPS) is 15.8. The number of carbonyl (C=O) groups is 1. The second-order valence-corrected chi connectivity index (χ2v) is 4.59. The highest BCUT2D eigenvalue weighted by molar-refractivity contribution is 5.76. The molecule has 0 aliphatic heterocycles. The zero-order chi connectivity index (χ0) is 11.9. The molecule has 1 saturated carbocycles. The standard InChI is InChI=1S/C14H20N2O/c17-14(16-13-8-4-5-9-13)10-11-15-12-6-2-1-3-7-12/h1-3,6-7,13,15H,4-5,8-11H2,(H,16,17). The molecule has 0 bridgehead atoms. The summed E-state index contributed by atoms with van der Waals surface area (Å²) in [6, 6.07) is 10.4. The first-order valence-corrected chi connectivity index (χ1v) is 6.43. The van der Waals surface area contributed by atoms with E-state index < -0.39 is 0 Å². The molecule has 1 aliphatic rings. The van der Waals surface area contributed by atoms with E-state index in [4.69, 9.17) is 0 Å². The monoisotopic (exact) mass is 232 g/mol. The van der Waals surface area contributed by atoms with Gasteiger partial charge in [-0.3, -0.25) is 4.79 Å². The average molecular weight is 232 g/mol. The second-order valence-electron chi connectivity index (χ2n) is 4.59. The van der Waals surface area contributed by atoms with Gasteiger partial charge in [-0.2, -0.15) is 0 Å². The van der Waals surface area contributed by atoms with Gasteiger partial charge in [-0.15, -0.1) is 0 Å². The van der Waals surface area contributed by atoms with Crippen LogP contribution in [0.3, 0.4) is 0 Å². The lowest BCUT2D eigenvalue weighted by atomic mass is 10.2. The molecule has 0 saturated heterocycles. The summed E-state index contributed by atoms with van der Waals surface area (Å²) in [6.45, 7) is 0.697. The third-order valence-electron chi connectivity index (χ3n) is 3.18. The number of para-hydroxylation sites is 1. The summed E-state index contributed by atoms with van der Waals surface area (Å²) in [4.78, 5) is 11.6. The molecule has 1 aliphatic carbocycles. The first-order chi connectivity index (χ1) is 8.34. The zero-order valence-corrected chi connectivity index (χ0v) is 10.1. The number of hydrogen-bond acceptors (Lipinski definition) is 2. The van der Waals surface area contributed by atoms with E-state index in [-0.39, 0.29) is 5.91 Å². The lowest BCUT2D eigenvalue weighted by molar-refractivity contribution is -0.121. The van der Waals surface area contributed by atoms with E-state index in [1.165, 1.54) is 12.8 Å². The van der Waals surface area contributed by atoms with Crippen molar-refractivity contribution in [2.45, 2.75) is 38.1 Å². The Labute approximate surface area is 103 Å². The van der Waals surface area contributed by atoms with Gasteiger partial charge in [-0.05, 0) is 25.0 Å². The molecule has 2 rings (SSSR count). The Morgan fingerprint density at radius 3 is 2.59 bits per heavy atom. The fraction of sp³-hybridized carbons (Fsp3) is 0.500. The summed E-state index contributed by atoms with van der Waals surface area (Å²) in [7, 11) is 0. The van der Waals surface area contributed by atoms with E-state index in [9.17, 15) is 4.79 Å². The summed E-state index contributed by atoms with van der Waals surface area (Å²) in [5.41, 5.74) is 1.07. The third kappa shape index (κ3) is 4.10. The molecule has 17 heavy (non-hydrogen) atoms. The van der Waals surface area contributed by atoms with Crippen molar-refractivity contribution < 1.29 is 4.79 Å². The summed E-state index contributed by atoms with van der Waals surface area (Å²) < 4.78 is 0. The number of benzene rings is 1. The predicted octanol–water partition coefficient (Wildman–Crippen LogP) is 2.55. The summed E-state index contributed by atoms with van der Waals surface area (Å²) >= 11 is 0. The van der Waals surface area contributed by atoms with Crippen LogP contribution in [0.15, 0.2) is 30.3 Å². The number of amides is 1. The van der Waals surface area contributed by atoms with Gasteiger partial charge in [0.2, 0.25) is 5.91 Å². The van der Waals surface area contributed by atoms with Crippen LogP contribution in [-0.4, -0.2) is 18.5 Å². The minimum atomic E-state index is 0.167. The van der Waals surface area contributed by atoms with Crippen molar-refractivity contribution in [3.8, 4) is 0 Å². The first-order valence-electron chi connectivity index (χ1n) is 6.43. The van der Waals surface area contributed by atoms with Crippen LogP contribution in [0.25, 0.3) is 0 Å². The van der Waals surface area contributed by atoms with Crippen LogP contribution in [0.5, 0.6) is 0 Å². The predicted molar refractivity (Wildman–Crippen MR) is 69.9 cm³/mol. The topological polar surface area (TPSA) is 41.1 Å². The molecule has 0 radical (unpaired) electrons. The number of anilines is 1. The maximum absolute atomic E-state index is 11.6. The van der Waals surface area contributed by atoms with Gasteiger partial charge in [-0.1, -0.05) is 31.0 Å². The minimum absolute atomic E-state index is 0.167. The highest BCUT2D eigenvalue weighted by atomic mass is 16.1. The Bertz CT molecular complexity index is 344. The number of carbonyl (C=O) groups excluding carboxylic acids is 1. The van der Waals surface area contributed by atoms with Gasteiger partial charge in [0.25, 0.3) is 0 Å². The van der Waals surface area contributed by atoms with Gasteiger partial charge >= 0.3 is 0 Å². The Kier molecular flexibility index (Phi) is 4.42. The summed E-state index contributed by atoms with van der Waals surface area (Å²) in [5.74, 6) is 0.167. The maximum Gasteiger partial charge on any atom is 0.221 e. The van der Waals surface area contributed by atoms with Gasteiger partial charge in [0.05, 0.1) is 0 Å². The molecule has 0 atom stereocenters. The quantitative estimate of drug-likeness (QED) is 0.819. The summed E-state index contributed by atoms with van der Waals surface area (Å²) in [6.07, 6.45) is 5.36. The third-order valence-corrected chi connectivity index (χ3v) is 3.18. The molecular formula is C14H20N2O. The number of hydrogen-bond donors (Lipinski definition) is 2. The van der Waals surface area contributed by atoms with Crippen molar-refractivity contribution in [1.29, 1.82) is 0 Å². The fourth-order valence-electron chi connectivity index (χ4n) is 2.25. The van der Waals surface area contributed by atoms with Crippen molar-refractivity contribution in [3.63, 3.8) is 0 Å². The van der Waals surface area contributed by atoms with E-state index in [1.807, 2.05) is 30.3 Å². The van der Waals surface area contributed by atoms with Crippen molar-refractivity contribution in [1.82, 2.24) is 5.32 Å². The van der Waals surface area contributed by atoms with Crippen LogP contribution < -0.4 is 10.6 Å². The molecule has 1 aromatic rings. The van der Waals surface area contributed by atoms with Crippen LogP contribution >= 0.6 is 0 Å². The second kappa shape index (κ2) is 6.28. The fourth-order valence-corrected chi connectivity index (χ4v) is 2.25. The van der Waals surface area contributed by atoms with Gasteiger partial charge in [-0.25, -0.2) is 0 Å². The lowest BCUT2D eigenvalue weighted by Crippen LogP contribution is -2.33. The molecule has 0 spiro atoms. The lowest BCUT2D eigenvalue weighted by Gasteiger charge is -2.12. The van der Waals surface area contributed by atoms with Crippen LogP contribution in [0.1, 0.15) is 32.1 Å². The zero-order valence-electron chi connectivity index (χ0n) is 10.1. The van der Waals surface area contributed by atoms with E-state index >= 15 is 0 Å². The molecule has 1 amide bonds. The maximum atomic E-state index is 11.6.